The molecule has 2 aliphatic rings. The minimum Gasteiger partial charge on any atom is -0.497 e. The molecule has 1 aliphatic carbocycles. The fourth-order valence-corrected chi connectivity index (χ4v) is 3.89. The lowest BCUT2D eigenvalue weighted by Crippen LogP contribution is -2.31. The summed E-state index contributed by atoms with van der Waals surface area (Å²) in [6.07, 6.45) is 5.76. The Morgan fingerprint density at radius 2 is 2.14 bits per heavy atom. The number of nitrogens with one attached hydrogen (secondary N) is 1. The number of hydrogen-bond acceptors (Lipinski definition) is 6. The van der Waals surface area contributed by atoms with E-state index in [-0.39, 0.29) is 11.8 Å². The zero-order valence-corrected chi connectivity index (χ0v) is 15.4. The molecule has 1 aliphatic heterocycles. The first-order valence-electron chi connectivity index (χ1n) is 9.29. The summed E-state index contributed by atoms with van der Waals surface area (Å²) >= 11 is 0. The second-order valence-corrected chi connectivity index (χ2v) is 6.92. The number of allylic oxidation sites excluding steroid dienone is 2. The molecule has 0 spiro atoms. The maximum atomic E-state index is 12.8. The SMILES string of the molecule is COc1cccc(-c2nc3n(n2)[C@@H](c2cccnc2)C2=C(CCCC2=O)N3)c1. The molecule has 1 aromatic carbocycles. The van der Waals surface area contributed by atoms with E-state index < -0.39 is 0 Å². The number of fused-ring (bicyclic) bond motifs is 1. The van der Waals surface area contributed by atoms with E-state index in [1.807, 2.05) is 36.4 Å². The van der Waals surface area contributed by atoms with Crippen LogP contribution >= 0.6 is 0 Å². The van der Waals surface area contributed by atoms with Crippen LogP contribution in [0.4, 0.5) is 5.95 Å². The number of benzene rings is 1. The van der Waals surface area contributed by atoms with Gasteiger partial charge in [-0.3, -0.25) is 9.78 Å². The van der Waals surface area contributed by atoms with Gasteiger partial charge in [-0.15, -0.1) is 5.10 Å². The molecule has 0 bridgehead atoms. The number of carbonyl (C=O) groups excluding carboxylic acids is 1. The summed E-state index contributed by atoms with van der Waals surface area (Å²) in [5.41, 5.74) is 3.50. The fourth-order valence-electron chi connectivity index (χ4n) is 3.89. The first-order valence-corrected chi connectivity index (χ1v) is 9.29. The Kier molecular flexibility index (Phi) is 3.93. The van der Waals surface area contributed by atoms with Gasteiger partial charge in [0.05, 0.1) is 7.11 Å². The minimum absolute atomic E-state index is 0.159. The van der Waals surface area contributed by atoms with Gasteiger partial charge in [-0.25, -0.2) is 4.68 Å². The fraction of sp³-hybridized carbons (Fsp3) is 0.238. The molecule has 0 saturated carbocycles. The summed E-state index contributed by atoms with van der Waals surface area (Å²) < 4.78 is 7.12. The van der Waals surface area contributed by atoms with E-state index in [1.54, 1.807) is 24.2 Å². The number of aromatic nitrogens is 4. The van der Waals surface area contributed by atoms with E-state index in [9.17, 15) is 4.79 Å². The van der Waals surface area contributed by atoms with Gasteiger partial charge >= 0.3 is 0 Å². The second kappa shape index (κ2) is 6.60. The van der Waals surface area contributed by atoms with Crippen LogP contribution in [0.5, 0.6) is 5.75 Å². The normalized spacial score (nSPS) is 18.3. The molecule has 0 radical (unpaired) electrons. The molecule has 3 heterocycles. The van der Waals surface area contributed by atoms with E-state index in [0.29, 0.717) is 18.2 Å². The number of methoxy groups -OCH3 is 1. The van der Waals surface area contributed by atoms with Crippen LogP contribution in [0.2, 0.25) is 0 Å². The van der Waals surface area contributed by atoms with Crippen LogP contribution in [0.1, 0.15) is 30.9 Å². The number of nitrogens with zero attached hydrogens (tertiary/aromatic N) is 4. The predicted molar refractivity (Wildman–Crippen MR) is 104 cm³/mol. The van der Waals surface area contributed by atoms with Gasteiger partial charge in [-0.1, -0.05) is 18.2 Å². The zero-order valence-electron chi connectivity index (χ0n) is 15.4. The Morgan fingerprint density at radius 1 is 1.21 bits per heavy atom. The van der Waals surface area contributed by atoms with Crippen molar-refractivity contribution < 1.29 is 9.53 Å². The molecule has 0 amide bonds. The van der Waals surface area contributed by atoms with Gasteiger partial charge in [0.2, 0.25) is 5.95 Å². The van der Waals surface area contributed by atoms with Gasteiger partial charge in [-0.2, -0.15) is 4.98 Å². The highest BCUT2D eigenvalue weighted by Gasteiger charge is 2.37. The van der Waals surface area contributed by atoms with Crippen molar-refractivity contribution in [2.75, 3.05) is 12.4 Å². The molecule has 3 aromatic rings. The molecule has 0 fully saturated rings. The molecule has 28 heavy (non-hydrogen) atoms. The van der Waals surface area contributed by atoms with Gasteiger partial charge in [0.1, 0.15) is 11.8 Å². The number of Topliss-reactive ketones (excluding diaryl/α,β-unsaturated/α-hetero) is 1. The molecule has 1 N–H and O–H groups in total. The number of rotatable bonds is 3. The molecular formula is C21H19N5O2. The number of anilines is 1. The number of ketones is 1. The highest BCUT2D eigenvalue weighted by Crippen LogP contribution is 2.40. The number of pyridine rings is 1. The van der Waals surface area contributed by atoms with Crippen LogP contribution in [0.25, 0.3) is 11.4 Å². The molecule has 0 saturated heterocycles. The average Bonchev–Trinajstić information content (AvgIpc) is 3.17. The summed E-state index contributed by atoms with van der Waals surface area (Å²) in [4.78, 5) is 21.7. The van der Waals surface area contributed by atoms with Crippen molar-refractivity contribution in [3.8, 4) is 17.1 Å². The third-order valence-corrected chi connectivity index (χ3v) is 5.20. The Hall–Kier alpha value is -3.48. The van der Waals surface area contributed by atoms with Crippen LogP contribution in [-0.2, 0) is 4.79 Å². The number of ether oxygens (including phenoxy) is 1. The van der Waals surface area contributed by atoms with Gasteiger partial charge in [0.25, 0.3) is 0 Å². The number of carbonyl (C=O) groups is 1. The minimum atomic E-state index is -0.320. The largest absolute Gasteiger partial charge is 0.497 e. The van der Waals surface area contributed by atoms with Gasteiger partial charge in [-0.05, 0) is 36.6 Å². The van der Waals surface area contributed by atoms with Gasteiger partial charge in [0, 0.05) is 35.6 Å². The second-order valence-electron chi connectivity index (χ2n) is 6.92. The van der Waals surface area contributed by atoms with E-state index in [2.05, 4.69) is 10.3 Å². The molecule has 7 nitrogen and oxygen atoms in total. The first kappa shape index (κ1) is 16.7. The smallest absolute Gasteiger partial charge is 0.226 e. The third-order valence-electron chi connectivity index (χ3n) is 5.20. The van der Waals surface area contributed by atoms with E-state index in [0.717, 1.165) is 41.0 Å². The third kappa shape index (κ3) is 2.67. The Balaban J connectivity index is 1.66. The van der Waals surface area contributed by atoms with Crippen molar-refractivity contribution in [3.05, 3.63) is 65.6 Å². The molecule has 140 valence electrons. The van der Waals surface area contributed by atoms with Gasteiger partial charge in [0.15, 0.2) is 11.6 Å². The zero-order chi connectivity index (χ0) is 19.1. The Labute approximate surface area is 162 Å². The quantitative estimate of drug-likeness (QED) is 0.758. The maximum Gasteiger partial charge on any atom is 0.226 e. The average molecular weight is 373 g/mol. The molecule has 2 aromatic heterocycles. The molecule has 7 heteroatoms. The van der Waals surface area contributed by atoms with Crippen LogP contribution in [0.15, 0.2) is 60.1 Å². The maximum absolute atomic E-state index is 12.8. The summed E-state index contributed by atoms with van der Waals surface area (Å²) in [7, 11) is 1.63. The topological polar surface area (TPSA) is 81.9 Å². The van der Waals surface area contributed by atoms with Gasteiger partial charge < -0.3 is 10.1 Å². The summed E-state index contributed by atoms with van der Waals surface area (Å²) in [5.74, 6) is 2.13. The molecule has 0 unspecified atom stereocenters. The molecule has 1 atom stereocenters. The van der Waals surface area contributed by atoms with Crippen molar-refractivity contribution >= 4 is 11.7 Å². The van der Waals surface area contributed by atoms with Crippen molar-refractivity contribution in [1.29, 1.82) is 0 Å². The standard InChI is InChI=1S/C21H19N5O2/c1-28-15-7-2-5-13(11-15)20-24-21-23-16-8-3-9-17(27)18(16)19(26(21)25-20)14-6-4-10-22-12-14/h2,4-7,10-12,19H,3,8-9H2,1H3,(H,23,24,25)/t19-/m0/s1. The number of hydrogen-bond donors (Lipinski definition) is 1. The van der Waals surface area contributed by atoms with Crippen molar-refractivity contribution in [2.24, 2.45) is 0 Å². The van der Waals surface area contributed by atoms with Crippen LogP contribution in [0, 0.1) is 0 Å². The molecule has 5 rings (SSSR count). The van der Waals surface area contributed by atoms with Crippen molar-refractivity contribution in [2.45, 2.75) is 25.3 Å². The summed E-state index contributed by atoms with van der Waals surface area (Å²) in [6.45, 7) is 0. The Morgan fingerprint density at radius 3 is 2.96 bits per heavy atom. The first-order chi connectivity index (χ1) is 13.7. The van der Waals surface area contributed by atoms with Crippen LogP contribution in [-0.4, -0.2) is 32.6 Å². The van der Waals surface area contributed by atoms with Crippen LogP contribution in [0.3, 0.4) is 0 Å². The van der Waals surface area contributed by atoms with Crippen molar-refractivity contribution in [3.63, 3.8) is 0 Å². The monoisotopic (exact) mass is 373 g/mol. The Bertz CT molecular complexity index is 1090. The lowest BCUT2D eigenvalue weighted by molar-refractivity contribution is -0.116. The summed E-state index contributed by atoms with van der Waals surface area (Å²) in [5, 5.41) is 8.10. The highest BCUT2D eigenvalue weighted by molar-refractivity contribution is 5.99. The lowest BCUT2D eigenvalue weighted by atomic mass is 9.86. The van der Waals surface area contributed by atoms with E-state index in [1.165, 1.54) is 0 Å². The predicted octanol–water partition coefficient (Wildman–Crippen LogP) is 3.37. The lowest BCUT2D eigenvalue weighted by Gasteiger charge is -2.31. The highest BCUT2D eigenvalue weighted by atomic mass is 16.5. The van der Waals surface area contributed by atoms with Crippen LogP contribution < -0.4 is 10.1 Å². The molecular weight excluding hydrogens is 354 g/mol. The van der Waals surface area contributed by atoms with E-state index >= 15 is 0 Å². The van der Waals surface area contributed by atoms with E-state index in [4.69, 9.17) is 14.8 Å². The van der Waals surface area contributed by atoms with Crippen molar-refractivity contribution in [1.82, 2.24) is 19.7 Å². The summed E-state index contributed by atoms with van der Waals surface area (Å²) in [6, 6.07) is 11.2.